The highest BCUT2D eigenvalue weighted by molar-refractivity contribution is 5.88. The van der Waals surface area contributed by atoms with Crippen molar-refractivity contribution in [1.29, 1.82) is 0 Å². The average Bonchev–Trinajstić information content (AvgIpc) is 2.03. The van der Waals surface area contributed by atoms with Crippen LogP contribution in [-0.2, 0) is 0 Å². The van der Waals surface area contributed by atoms with Crippen LogP contribution in [0.1, 0.15) is 15.9 Å². The van der Waals surface area contributed by atoms with Gasteiger partial charge in [-0.2, -0.15) is 0 Å². The molecular formula is C9H5FO2. The maximum absolute atomic E-state index is 12.8. The molecule has 3 heteroatoms. The molecule has 2 nitrogen and oxygen atoms in total. The fourth-order valence-electron chi connectivity index (χ4n) is 0.778. The lowest BCUT2D eigenvalue weighted by molar-refractivity contribution is 0.0692. The summed E-state index contributed by atoms with van der Waals surface area (Å²) in [5.74, 6) is 0.0982. The van der Waals surface area contributed by atoms with E-state index in [2.05, 4.69) is 5.92 Å². The van der Waals surface area contributed by atoms with Gasteiger partial charge in [0.15, 0.2) is 0 Å². The zero-order valence-electron chi connectivity index (χ0n) is 6.04. The van der Waals surface area contributed by atoms with E-state index >= 15 is 0 Å². The Kier molecular flexibility index (Phi) is 2.11. The predicted octanol–water partition coefficient (Wildman–Crippen LogP) is 1.51. The van der Waals surface area contributed by atoms with E-state index in [0.717, 1.165) is 12.1 Å². The van der Waals surface area contributed by atoms with Crippen molar-refractivity contribution in [3.63, 3.8) is 0 Å². The molecule has 0 aliphatic heterocycles. The van der Waals surface area contributed by atoms with Crippen LogP contribution < -0.4 is 0 Å². The molecule has 1 N–H and O–H groups in total. The van der Waals surface area contributed by atoms with E-state index in [9.17, 15) is 9.18 Å². The van der Waals surface area contributed by atoms with Crippen LogP contribution in [-0.4, -0.2) is 11.1 Å². The monoisotopic (exact) mass is 164 g/mol. The molecule has 0 saturated heterocycles. The molecule has 0 amide bonds. The lowest BCUT2D eigenvalue weighted by Gasteiger charge is -1.96. The summed E-state index contributed by atoms with van der Waals surface area (Å²) < 4.78 is 12.8. The summed E-state index contributed by atoms with van der Waals surface area (Å²) in [5, 5.41) is 8.44. The van der Waals surface area contributed by atoms with Gasteiger partial charge in [0.2, 0.25) is 0 Å². The van der Waals surface area contributed by atoms with Crippen molar-refractivity contribution in [3.05, 3.63) is 35.1 Å². The number of hydrogen-bond acceptors (Lipinski definition) is 1. The van der Waals surface area contributed by atoms with Gasteiger partial charge in [-0.1, -0.05) is 5.92 Å². The summed E-state index contributed by atoms with van der Waals surface area (Å²) in [6, 6.07) is 3.54. The third-order valence-electron chi connectivity index (χ3n) is 1.37. The number of terminal acetylenes is 1. The first-order valence-corrected chi connectivity index (χ1v) is 3.14. The Labute approximate surface area is 68.6 Å². The van der Waals surface area contributed by atoms with E-state index < -0.39 is 11.8 Å². The van der Waals surface area contributed by atoms with Crippen LogP contribution in [0.5, 0.6) is 0 Å². The molecule has 1 aromatic carbocycles. The van der Waals surface area contributed by atoms with E-state index in [1.54, 1.807) is 0 Å². The first-order chi connectivity index (χ1) is 5.65. The van der Waals surface area contributed by atoms with Gasteiger partial charge >= 0.3 is 5.97 Å². The summed E-state index contributed by atoms with van der Waals surface area (Å²) in [4.78, 5) is 10.3. The largest absolute Gasteiger partial charge is 0.478 e. The standard InChI is InChI=1S/C9H5FO2/c1-2-6-3-4-7(9(11)12)8(10)5-6/h1,3-5H,(H,11,12). The van der Waals surface area contributed by atoms with Crippen molar-refractivity contribution in [2.45, 2.75) is 0 Å². The molecule has 0 atom stereocenters. The van der Waals surface area contributed by atoms with Crippen molar-refractivity contribution >= 4 is 5.97 Å². The van der Waals surface area contributed by atoms with Crippen LogP contribution in [0.4, 0.5) is 4.39 Å². The fraction of sp³-hybridized carbons (Fsp3) is 0. The summed E-state index contributed by atoms with van der Waals surface area (Å²) >= 11 is 0. The third kappa shape index (κ3) is 1.43. The van der Waals surface area contributed by atoms with Gasteiger partial charge in [-0.15, -0.1) is 6.42 Å². The third-order valence-corrected chi connectivity index (χ3v) is 1.37. The van der Waals surface area contributed by atoms with Crippen molar-refractivity contribution in [2.75, 3.05) is 0 Å². The second-order valence-corrected chi connectivity index (χ2v) is 2.14. The highest BCUT2D eigenvalue weighted by Gasteiger charge is 2.08. The number of carboxylic acids is 1. The van der Waals surface area contributed by atoms with Crippen LogP contribution in [0.15, 0.2) is 18.2 Å². The Morgan fingerprint density at radius 2 is 2.25 bits per heavy atom. The maximum Gasteiger partial charge on any atom is 0.338 e. The zero-order valence-corrected chi connectivity index (χ0v) is 6.04. The minimum atomic E-state index is -1.30. The van der Waals surface area contributed by atoms with E-state index in [0.29, 0.717) is 5.56 Å². The molecule has 0 aliphatic rings. The molecule has 0 heterocycles. The molecule has 0 saturated carbocycles. The van der Waals surface area contributed by atoms with Crippen molar-refractivity contribution in [3.8, 4) is 12.3 Å². The zero-order chi connectivity index (χ0) is 9.14. The summed E-state index contributed by atoms with van der Waals surface area (Å²) in [7, 11) is 0. The Hall–Kier alpha value is -1.82. The van der Waals surface area contributed by atoms with Gasteiger partial charge in [0.25, 0.3) is 0 Å². The maximum atomic E-state index is 12.8. The minimum Gasteiger partial charge on any atom is -0.478 e. The Balaban J connectivity index is 3.23. The topological polar surface area (TPSA) is 37.3 Å². The number of hydrogen-bond donors (Lipinski definition) is 1. The molecule has 12 heavy (non-hydrogen) atoms. The molecule has 0 aliphatic carbocycles. The lowest BCUT2D eigenvalue weighted by atomic mass is 10.1. The number of carbonyl (C=O) groups is 1. The lowest BCUT2D eigenvalue weighted by Crippen LogP contribution is -2.00. The Morgan fingerprint density at radius 1 is 1.58 bits per heavy atom. The van der Waals surface area contributed by atoms with Crippen molar-refractivity contribution in [1.82, 2.24) is 0 Å². The van der Waals surface area contributed by atoms with Crippen LogP contribution >= 0.6 is 0 Å². The molecule has 1 aromatic rings. The molecule has 0 radical (unpaired) electrons. The van der Waals surface area contributed by atoms with Gasteiger partial charge in [-0.05, 0) is 18.2 Å². The van der Waals surface area contributed by atoms with Gasteiger partial charge in [-0.25, -0.2) is 9.18 Å². The van der Waals surface area contributed by atoms with Gasteiger partial charge < -0.3 is 5.11 Å². The van der Waals surface area contributed by atoms with Crippen LogP contribution in [0.25, 0.3) is 0 Å². The number of rotatable bonds is 1. The molecular weight excluding hydrogens is 159 g/mol. The van der Waals surface area contributed by atoms with E-state index in [1.807, 2.05) is 0 Å². The first kappa shape index (κ1) is 8.28. The van der Waals surface area contributed by atoms with E-state index in [4.69, 9.17) is 11.5 Å². The summed E-state index contributed by atoms with van der Waals surface area (Å²) in [6.07, 6.45) is 4.98. The number of aromatic carboxylic acids is 1. The summed E-state index contributed by atoms with van der Waals surface area (Å²) in [5.41, 5.74) is -0.0356. The quantitative estimate of drug-likeness (QED) is 0.638. The normalized spacial score (nSPS) is 9.00. The molecule has 1 rings (SSSR count). The van der Waals surface area contributed by atoms with Gasteiger partial charge in [0, 0.05) is 5.56 Å². The predicted molar refractivity (Wildman–Crippen MR) is 41.3 cm³/mol. The van der Waals surface area contributed by atoms with Crippen molar-refractivity contribution < 1.29 is 14.3 Å². The highest BCUT2D eigenvalue weighted by atomic mass is 19.1. The molecule has 0 bridgehead atoms. The van der Waals surface area contributed by atoms with Crippen LogP contribution in [0.3, 0.4) is 0 Å². The SMILES string of the molecule is C#Cc1ccc(C(=O)O)c(F)c1. The Bertz CT molecular complexity index is 363. The average molecular weight is 164 g/mol. The molecule has 0 unspecified atom stereocenters. The van der Waals surface area contributed by atoms with Gasteiger partial charge in [0.05, 0.1) is 5.56 Å². The van der Waals surface area contributed by atoms with Crippen LogP contribution in [0.2, 0.25) is 0 Å². The molecule has 0 spiro atoms. The smallest absolute Gasteiger partial charge is 0.338 e. The molecule has 0 aromatic heterocycles. The number of benzene rings is 1. The van der Waals surface area contributed by atoms with Crippen LogP contribution in [0, 0.1) is 18.2 Å². The molecule has 0 fully saturated rings. The van der Waals surface area contributed by atoms with E-state index in [1.165, 1.54) is 6.07 Å². The summed E-state index contributed by atoms with van der Waals surface area (Å²) in [6.45, 7) is 0. The highest BCUT2D eigenvalue weighted by Crippen LogP contribution is 2.09. The second kappa shape index (κ2) is 3.05. The van der Waals surface area contributed by atoms with Gasteiger partial charge in [0.1, 0.15) is 5.82 Å². The second-order valence-electron chi connectivity index (χ2n) is 2.14. The fourth-order valence-corrected chi connectivity index (χ4v) is 0.778. The van der Waals surface area contributed by atoms with Crippen molar-refractivity contribution in [2.24, 2.45) is 0 Å². The minimum absolute atomic E-state index is 0.331. The number of halogens is 1. The number of carboxylic acid groups (broad SMARTS) is 1. The van der Waals surface area contributed by atoms with E-state index in [-0.39, 0.29) is 5.56 Å². The molecule has 60 valence electrons. The Morgan fingerprint density at radius 3 is 2.67 bits per heavy atom. The first-order valence-electron chi connectivity index (χ1n) is 3.14. The van der Waals surface area contributed by atoms with Gasteiger partial charge in [-0.3, -0.25) is 0 Å².